The molecule has 40 heavy (non-hydrogen) atoms. The van der Waals surface area contributed by atoms with E-state index in [1.165, 1.54) is 13.2 Å². The molecular formula is C31H37F3N2O4. The molecule has 216 valence electrons. The number of benzene rings is 2. The molecular weight excluding hydrogens is 521 g/mol. The highest BCUT2D eigenvalue weighted by atomic mass is 19.4. The van der Waals surface area contributed by atoms with Crippen LogP contribution in [0.2, 0.25) is 0 Å². The maximum absolute atomic E-state index is 14.2. The lowest BCUT2D eigenvalue weighted by atomic mass is 9.72. The highest BCUT2D eigenvalue weighted by molar-refractivity contribution is 5.89. The highest BCUT2D eigenvalue weighted by Gasteiger charge is 2.64. The van der Waals surface area contributed by atoms with Gasteiger partial charge in [0.2, 0.25) is 5.91 Å². The quantitative estimate of drug-likeness (QED) is 0.441. The molecule has 0 bridgehead atoms. The van der Waals surface area contributed by atoms with Crippen molar-refractivity contribution in [2.45, 2.75) is 70.9 Å². The zero-order valence-corrected chi connectivity index (χ0v) is 23.2. The third-order valence-corrected chi connectivity index (χ3v) is 9.15. The van der Waals surface area contributed by atoms with E-state index in [1.807, 2.05) is 51.1 Å². The minimum atomic E-state index is -4.50. The number of halogens is 3. The minimum Gasteiger partial charge on any atom is -0.496 e. The molecule has 9 heteroatoms. The van der Waals surface area contributed by atoms with Gasteiger partial charge in [0.15, 0.2) is 0 Å². The molecule has 3 fully saturated rings. The Morgan fingerprint density at radius 1 is 1.05 bits per heavy atom. The van der Waals surface area contributed by atoms with E-state index < -0.39 is 47.2 Å². The number of amides is 1. The number of likely N-dealkylation sites (tertiary alicyclic amines) is 1. The summed E-state index contributed by atoms with van der Waals surface area (Å²) in [7, 11) is 1.33. The Kier molecular flexibility index (Phi) is 7.40. The van der Waals surface area contributed by atoms with E-state index in [9.17, 15) is 27.9 Å². The van der Waals surface area contributed by atoms with Crippen LogP contribution in [0.25, 0.3) is 0 Å². The second-order valence-electron chi connectivity index (χ2n) is 12.5. The molecule has 2 aromatic rings. The molecule has 2 aliphatic carbocycles. The molecule has 3 aliphatic rings. The summed E-state index contributed by atoms with van der Waals surface area (Å²) in [6.45, 7) is 6.07. The van der Waals surface area contributed by atoms with Gasteiger partial charge in [0.25, 0.3) is 0 Å². The fraction of sp³-hybridized carbons (Fsp3) is 0.548. The molecule has 2 N–H and O–H groups in total. The van der Waals surface area contributed by atoms with Gasteiger partial charge in [-0.2, -0.15) is 13.2 Å². The summed E-state index contributed by atoms with van der Waals surface area (Å²) in [5.74, 6) is -1.01. The van der Waals surface area contributed by atoms with Gasteiger partial charge in [-0.25, -0.2) is 4.79 Å². The molecule has 1 aliphatic heterocycles. The van der Waals surface area contributed by atoms with Gasteiger partial charge >= 0.3 is 12.1 Å². The maximum atomic E-state index is 14.2. The second kappa shape index (κ2) is 10.4. The van der Waals surface area contributed by atoms with Crippen LogP contribution < -0.4 is 10.1 Å². The molecule has 5 rings (SSSR count). The number of aliphatic carboxylic acids is 1. The number of hydrogen-bond donors (Lipinski definition) is 2. The molecule has 6 nitrogen and oxygen atoms in total. The van der Waals surface area contributed by atoms with Crippen molar-refractivity contribution in [3.05, 3.63) is 65.2 Å². The van der Waals surface area contributed by atoms with Crippen molar-refractivity contribution in [2.24, 2.45) is 29.1 Å². The third kappa shape index (κ3) is 5.08. The normalized spacial score (nSPS) is 29.8. The van der Waals surface area contributed by atoms with Gasteiger partial charge in [-0.1, -0.05) is 63.6 Å². The minimum absolute atomic E-state index is 0.0948. The Bertz CT molecular complexity index is 1250. The van der Waals surface area contributed by atoms with E-state index in [1.54, 1.807) is 4.90 Å². The van der Waals surface area contributed by atoms with Crippen LogP contribution in [-0.2, 0) is 22.3 Å². The van der Waals surface area contributed by atoms with E-state index in [4.69, 9.17) is 4.74 Å². The Labute approximate surface area is 232 Å². The van der Waals surface area contributed by atoms with Crippen molar-refractivity contribution in [3.63, 3.8) is 0 Å². The first-order chi connectivity index (χ1) is 18.8. The van der Waals surface area contributed by atoms with Gasteiger partial charge in [-0.05, 0) is 47.8 Å². The van der Waals surface area contributed by atoms with Crippen molar-refractivity contribution < 1.29 is 32.6 Å². The molecule has 1 heterocycles. The molecule has 2 unspecified atom stereocenters. The number of carbonyl (C=O) groups is 2. The summed E-state index contributed by atoms with van der Waals surface area (Å²) in [6, 6.07) is 10.8. The fourth-order valence-corrected chi connectivity index (χ4v) is 7.38. The SMILES string of the molecule is COc1cc(C(F)(F)F)ccc1CN[C@H]1[C@H](C(C)(C)C)[C@@H](C(=O)O)N(C(=O)C2C3CCCC32)[C@H]1c1ccccc1. The van der Waals surface area contributed by atoms with Crippen molar-refractivity contribution in [2.75, 3.05) is 7.11 Å². The predicted octanol–water partition coefficient (Wildman–Crippen LogP) is 5.92. The molecule has 0 radical (unpaired) electrons. The Morgan fingerprint density at radius 2 is 1.70 bits per heavy atom. The van der Waals surface area contributed by atoms with Crippen molar-refractivity contribution >= 4 is 11.9 Å². The number of nitrogens with zero attached hydrogens (tertiary/aromatic N) is 1. The van der Waals surface area contributed by atoms with E-state index in [0.717, 1.165) is 37.0 Å². The molecule has 2 aromatic carbocycles. The molecule has 2 saturated carbocycles. The van der Waals surface area contributed by atoms with Crippen molar-refractivity contribution in [1.82, 2.24) is 10.2 Å². The summed E-state index contributed by atoms with van der Waals surface area (Å²) in [5, 5.41) is 14.1. The number of carboxylic acid groups (broad SMARTS) is 1. The average Bonchev–Trinajstić information content (AvgIpc) is 3.21. The standard InChI is InChI=1S/C31H37F3N2O4/c1-30(2,3)24-25(35-16-18-13-14-19(31(32,33)34)15-22(18)40-4)26(17-9-6-5-7-10-17)36(27(24)29(38)39)28(37)23-20-11-8-12-21(20)23/h5-7,9-10,13-15,20-21,23-27,35H,8,11-12,16H2,1-4H3,(H,38,39)/t20?,21?,23?,24-,25-,26-,27-/m0/s1. The highest BCUT2D eigenvalue weighted by Crippen LogP contribution is 2.60. The predicted molar refractivity (Wildman–Crippen MR) is 143 cm³/mol. The van der Waals surface area contributed by atoms with E-state index in [2.05, 4.69) is 5.32 Å². The number of alkyl halides is 3. The second-order valence-corrected chi connectivity index (χ2v) is 12.5. The average molecular weight is 559 g/mol. The van der Waals surface area contributed by atoms with E-state index in [-0.39, 0.29) is 24.1 Å². The Balaban J connectivity index is 1.55. The van der Waals surface area contributed by atoms with Gasteiger partial charge in [0, 0.05) is 30.0 Å². The van der Waals surface area contributed by atoms with Gasteiger partial charge in [0.05, 0.1) is 18.7 Å². The molecule has 0 spiro atoms. The maximum Gasteiger partial charge on any atom is 0.416 e. The van der Waals surface area contributed by atoms with Crippen LogP contribution in [0.3, 0.4) is 0 Å². The number of nitrogens with one attached hydrogen (secondary N) is 1. The molecule has 6 atom stereocenters. The number of fused-ring (bicyclic) bond motifs is 1. The lowest BCUT2D eigenvalue weighted by molar-refractivity contribution is -0.153. The van der Waals surface area contributed by atoms with Crippen LogP contribution in [0.4, 0.5) is 13.2 Å². The van der Waals surface area contributed by atoms with Crippen LogP contribution in [-0.4, -0.2) is 41.1 Å². The number of ether oxygens (including phenoxy) is 1. The van der Waals surface area contributed by atoms with E-state index >= 15 is 0 Å². The number of carbonyl (C=O) groups excluding carboxylic acids is 1. The lowest BCUT2D eigenvalue weighted by Crippen LogP contribution is -2.48. The summed E-state index contributed by atoms with van der Waals surface area (Å²) in [4.78, 5) is 28.7. The first-order valence-corrected chi connectivity index (χ1v) is 13.9. The number of carboxylic acids is 1. The summed E-state index contributed by atoms with van der Waals surface area (Å²) >= 11 is 0. The Morgan fingerprint density at radius 3 is 2.25 bits per heavy atom. The van der Waals surface area contributed by atoms with Crippen LogP contribution in [0.1, 0.15) is 62.8 Å². The van der Waals surface area contributed by atoms with Crippen molar-refractivity contribution in [3.8, 4) is 5.75 Å². The van der Waals surface area contributed by atoms with Gasteiger partial charge in [-0.15, -0.1) is 0 Å². The van der Waals surface area contributed by atoms with E-state index in [0.29, 0.717) is 17.4 Å². The topological polar surface area (TPSA) is 78.9 Å². The first-order valence-electron chi connectivity index (χ1n) is 13.9. The van der Waals surface area contributed by atoms with Crippen LogP contribution in [0.5, 0.6) is 5.75 Å². The van der Waals surface area contributed by atoms with Crippen LogP contribution in [0, 0.1) is 29.1 Å². The summed E-state index contributed by atoms with van der Waals surface area (Å²) < 4.78 is 45.3. The monoisotopic (exact) mass is 558 g/mol. The molecule has 1 saturated heterocycles. The third-order valence-electron chi connectivity index (χ3n) is 9.15. The summed E-state index contributed by atoms with van der Waals surface area (Å²) in [6.07, 6.45) is -1.40. The van der Waals surface area contributed by atoms with Crippen LogP contribution in [0.15, 0.2) is 48.5 Å². The van der Waals surface area contributed by atoms with Gasteiger partial charge in [-0.3, -0.25) is 4.79 Å². The van der Waals surface area contributed by atoms with Crippen molar-refractivity contribution in [1.29, 1.82) is 0 Å². The van der Waals surface area contributed by atoms with Crippen LogP contribution >= 0.6 is 0 Å². The number of hydrogen-bond acceptors (Lipinski definition) is 4. The van der Waals surface area contributed by atoms with Gasteiger partial charge < -0.3 is 20.1 Å². The smallest absolute Gasteiger partial charge is 0.416 e. The zero-order chi connectivity index (χ0) is 29.0. The number of methoxy groups -OCH3 is 1. The lowest BCUT2D eigenvalue weighted by Gasteiger charge is -2.35. The first kappa shape index (κ1) is 28.5. The molecule has 1 amide bonds. The van der Waals surface area contributed by atoms with Gasteiger partial charge in [0.1, 0.15) is 11.8 Å². The zero-order valence-electron chi connectivity index (χ0n) is 23.2. The summed E-state index contributed by atoms with van der Waals surface area (Å²) in [5.41, 5.74) is 0.0353. The fourth-order valence-electron chi connectivity index (χ4n) is 7.38. The Hall–Kier alpha value is -3.07. The largest absolute Gasteiger partial charge is 0.496 e. The molecule has 0 aromatic heterocycles. The number of rotatable bonds is 7.